The van der Waals surface area contributed by atoms with E-state index in [0.29, 0.717) is 17.3 Å². The molecule has 22 heavy (non-hydrogen) atoms. The normalized spacial score (nSPS) is 14.5. The lowest BCUT2D eigenvalue weighted by atomic mass is 10.3. The number of fused-ring (bicyclic) bond motifs is 1. The number of carbonyl (C=O) groups is 1. The molecule has 1 aromatic heterocycles. The van der Waals surface area contributed by atoms with Crippen molar-refractivity contribution in [3.05, 3.63) is 40.9 Å². The Morgan fingerprint density at radius 3 is 3.09 bits per heavy atom. The number of rotatable bonds is 5. The molecule has 0 saturated carbocycles. The van der Waals surface area contributed by atoms with Crippen molar-refractivity contribution in [2.24, 2.45) is 0 Å². The van der Waals surface area contributed by atoms with Gasteiger partial charge in [-0.15, -0.1) is 10.2 Å². The molecule has 1 aliphatic heterocycles. The second-order valence-corrected chi connectivity index (χ2v) is 5.60. The molecular weight excluding hydrogens is 304 g/mol. The van der Waals surface area contributed by atoms with Crippen LogP contribution >= 0.6 is 11.6 Å². The van der Waals surface area contributed by atoms with Crippen LogP contribution in [0.3, 0.4) is 0 Å². The lowest BCUT2D eigenvalue weighted by Gasteiger charge is -2.15. The quantitative estimate of drug-likeness (QED) is 0.914. The average Bonchev–Trinajstić information content (AvgIpc) is 3.10. The third-order valence-electron chi connectivity index (χ3n) is 3.62. The third kappa shape index (κ3) is 3.06. The fourth-order valence-electron chi connectivity index (χ4n) is 2.44. The van der Waals surface area contributed by atoms with Crippen molar-refractivity contribution in [3.8, 4) is 5.75 Å². The maximum atomic E-state index is 12.1. The van der Waals surface area contributed by atoms with Crippen LogP contribution in [0.25, 0.3) is 0 Å². The lowest BCUT2D eigenvalue weighted by molar-refractivity contribution is -0.127. The van der Waals surface area contributed by atoms with Gasteiger partial charge in [0.05, 0.1) is 11.6 Å². The molecule has 2 heterocycles. The van der Waals surface area contributed by atoms with E-state index in [4.69, 9.17) is 16.3 Å². The summed E-state index contributed by atoms with van der Waals surface area (Å²) < 4.78 is 7.64. The van der Waals surface area contributed by atoms with E-state index in [1.807, 2.05) is 12.1 Å². The van der Waals surface area contributed by atoms with Gasteiger partial charge >= 0.3 is 0 Å². The largest absolute Gasteiger partial charge is 0.479 e. The molecule has 1 amide bonds. The summed E-state index contributed by atoms with van der Waals surface area (Å²) in [6.45, 7) is 2.95. The summed E-state index contributed by atoms with van der Waals surface area (Å²) in [5.74, 6) is 2.06. The third-order valence-corrected chi connectivity index (χ3v) is 3.93. The molecule has 0 bridgehead atoms. The first-order chi connectivity index (χ1) is 10.6. The molecule has 0 fully saturated rings. The molecule has 1 aliphatic rings. The molecule has 0 unspecified atom stereocenters. The minimum absolute atomic E-state index is 0.213. The summed E-state index contributed by atoms with van der Waals surface area (Å²) in [6.07, 6.45) is 1.39. The Kier molecular flexibility index (Phi) is 4.29. The number of para-hydroxylation sites is 1. The van der Waals surface area contributed by atoms with Crippen molar-refractivity contribution in [3.63, 3.8) is 0 Å². The van der Waals surface area contributed by atoms with Crippen molar-refractivity contribution in [2.45, 2.75) is 39.0 Å². The van der Waals surface area contributed by atoms with Gasteiger partial charge in [-0.3, -0.25) is 4.79 Å². The van der Waals surface area contributed by atoms with Crippen LogP contribution in [0.4, 0.5) is 0 Å². The van der Waals surface area contributed by atoms with E-state index in [1.165, 1.54) is 0 Å². The van der Waals surface area contributed by atoms with E-state index >= 15 is 0 Å². The topological polar surface area (TPSA) is 69.0 Å². The molecule has 3 rings (SSSR count). The van der Waals surface area contributed by atoms with Crippen LogP contribution in [0.1, 0.15) is 25.0 Å². The molecule has 116 valence electrons. The molecule has 1 aromatic carbocycles. The molecule has 6 nitrogen and oxygen atoms in total. The summed E-state index contributed by atoms with van der Waals surface area (Å²) in [7, 11) is 0. The fourth-order valence-corrected chi connectivity index (χ4v) is 2.62. The predicted molar refractivity (Wildman–Crippen MR) is 81.7 cm³/mol. The molecule has 0 spiro atoms. The molecule has 0 saturated heterocycles. The van der Waals surface area contributed by atoms with Crippen LogP contribution in [0.2, 0.25) is 5.02 Å². The molecule has 0 radical (unpaired) electrons. The van der Waals surface area contributed by atoms with E-state index in [-0.39, 0.29) is 5.91 Å². The number of nitrogens with one attached hydrogen (secondary N) is 1. The van der Waals surface area contributed by atoms with Crippen LogP contribution < -0.4 is 10.1 Å². The molecular formula is C15H17ClN4O2. The van der Waals surface area contributed by atoms with E-state index in [2.05, 4.69) is 20.1 Å². The van der Waals surface area contributed by atoms with Gasteiger partial charge in [-0.1, -0.05) is 23.7 Å². The van der Waals surface area contributed by atoms with Crippen LogP contribution in [0.15, 0.2) is 24.3 Å². The minimum Gasteiger partial charge on any atom is -0.479 e. The van der Waals surface area contributed by atoms with Crippen molar-refractivity contribution in [1.82, 2.24) is 20.1 Å². The SMILES string of the molecule is C[C@@H](Oc1ccccc1Cl)C(=O)NCc1nnc2n1CCC2. The number of ether oxygens (including phenoxy) is 1. The highest BCUT2D eigenvalue weighted by atomic mass is 35.5. The van der Waals surface area contributed by atoms with Gasteiger partial charge in [-0.2, -0.15) is 0 Å². The van der Waals surface area contributed by atoms with Crippen LogP contribution in [0.5, 0.6) is 5.75 Å². The van der Waals surface area contributed by atoms with Gasteiger partial charge in [0.15, 0.2) is 11.9 Å². The highest BCUT2D eigenvalue weighted by Crippen LogP contribution is 2.24. The Bertz CT molecular complexity index is 686. The fraction of sp³-hybridized carbons (Fsp3) is 0.400. The summed E-state index contributed by atoms with van der Waals surface area (Å²) in [4.78, 5) is 12.1. The van der Waals surface area contributed by atoms with E-state index in [0.717, 1.165) is 31.0 Å². The number of carbonyl (C=O) groups excluding carboxylic acids is 1. The maximum absolute atomic E-state index is 12.1. The van der Waals surface area contributed by atoms with Crippen molar-refractivity contribution in [2.75, 3.05) is 0 Å². The first-order valence-electron chi connectivity index (χ1n) is 7.25. The zero-order valence-electron chi connectivity index (χ0n) is 12.3. The van der Waals surface area contributed by atoms with Crippen LogP contribution in [0, 0.1) is 0 Å². The Hall–Kier alpha value is -2.08. The highest BCUT2D eigenvalue weighted by molar-refractivity contribution is 6.32. The average molecular weight is 321 g/mol. The van der Waals surface area contributed by atoms with E-state index in [9.17, 15) is 4.79 Å². The maximum Gasteiger partial charge on any atom is 0.261 e. The summed E-state index contributed by atoms with van der Waals surface area (Å²) in [5.41, 5.74) is 0. The van der Waals surface area contributed by atoms with Crippen molar-refractivity contribution >= 4 is 17.5 Å². The Morgan fingerprint density at radius 2 is 2.27 bits per heavy atom. The Labute approximate surface area is 133 Å². The predicted octanol–water partition coefficient (Wildman–Crippen LogP) is 1.96. The Morgan fingerprint density at radius 1 is 1.45 bits per heavy atom. The smallest absolute Gasteiger partial charge is 0.261 e. The number of aryl methyl sites for hydroxylation is 1. The summed E-state index contributed by atoms with van der Waals surface area (Å²) >= 11 is 6.02. The minimum atomic E-state index is -0.638. The standard InChI is InChI=1S/C15H17ClN4O2/c1-10(22-12-6-3-2-5-11(12)16)15(21)17-9-14-19-18-13-7-4-8-20(13)14/h2-3,5-6,10H,4,7-9H2,1H3,(H,17,21)/t10-/m1/s1. The molecule has 7 heteroatoms. The zero-order valence-corrected chi connectivity index (χ0v) is 13.0. The number of hydrogen-bond acceptors (Lipinski definition) is 4. The van der Waals surface area contributed by atoms with Gasteiger partial charge in [0.25, 0.3) is 5.91 Å². The number of hydrogen-bond donors (Lipinski definition) is 1. The van der Waals surface area contributed by atoms with Gasteiger partial charge in [-0.25, -0.2) is 0 Å². The van der Waals surface area contributed by atoms with Gasteiger partial charge < -0.3 is 14.6 Å². The van der Waals surface area contributed by atoms with Crippen molar-refractivity contribution in [1.29, 1.82) is 0 Å². The first kappa shape index (κ1) is 14.8. The molecule has 1 N–H and O–H groups in total. The van der Waals surface area contributed by atoms with E-state index in [1.54, 1.807) is 19.1 Å². The summed E-state index contributed by atoms with van der Waals surface area (Å²) in [5, 5.41) is 11.5. The van der Waals surface area contributed by atoms with Crippen molar-refractivity contribution < 1.29 is 9.53 Å². The van der Waals surface area contributed by atoms with Gasteiger partial charge in [0.2, 0.25) is 0 Å². The molecule has 0 aliphatic carbocycles. The number of nitrogens with zero attached hydrogens (tertiary/aromatic N) is 3. The van der Waals surface area contributed by atoms with Gasteiger partial charge in [-0.05, 0) is 25.5 Å². The number of benzene rings is 1. The number of aromatic nitrogens is 3. The number of amides is 1. The Balaban J connectivity index is 1.56. The van der Waals surface area contributed by atoms with Gasteiger partial charge in [0, 0.05) is 13.0 Å². The second-order valence-electron chi connectivity index (χ2n) is 5.20. The zero-order chi connectivity index (χ0) is 15.5. The van der Waals surface area contributed by atoms with Crippen LogP contribution in [-0.4, -0.2) is 26.8 Å². The molecule has 1 atom stereocenters. The monoisotopic (exact) mass is 320 g/mol. The first-order valence-corrected chi connectivity index (χ1v) is 7.63. The summed E-state index contributed by atoms with van der Waals surface area (Å²) in [6, 6.07) is 7.08. The number of halogens is 1. The molecule has 2 aromatic rings. The van der Waals surface area contributed by atoms with Crippen LogP contribution in [-0.2, 0) is 24.3 Å². The highest BCUT2D eigenvalue weighted by Gasteiger charge is 2.20. The lowest BCUT2D eigenvalue weighted by Crippen LogP contribution is -2.36. The second kappa shape index (κ2) is 6.36. The van der Waals surface area contributed by atoms with Gasteiger partial charge in [0.1, 0.15) is 11.6 Å². The van der Waals surface area contributed by atoms with E-state index < -0.39 is 6.10 Å².